The summed E-state index contributed by atoms with van der Waals surface area (Å²) in [6, 6.07) is 10.4. The average molecular weight is 246 g/mol. The minimum absolute atomic E-state index is 0.237. The maximum atomic E-state index is 13.7. The molecule has 2 N–H and O–H groups in total. The van der Waals surface area contributed by atoms with Gasteiger partial charge in [0.15, 0.2) is 11.6 Å². The Labute approximate surface area is 105 Å². The normalized spacial score (nSPS) is 10.3. The molecule has 0 aliphatic heterocycles. The SMILES string of the molecule is NCCc1ccc(OCc2ccccn2)c(F)c1. The Balaban J connectivity index is 2.01. The Bertz CT molecular complexity index is 502. The Morgan fingerprint density at radius 3 is 2.78 bits per heavy atom. The van der Waals surface area contributed by atoms with Gasteiger partial charge in [-0.2, -0.15) is 0 Å². The number of aromatic nitrogens is 1. The van der Waals surface area contributed by atoms with Crippen LogP contribution in [0.25, 0.3) is 0 Å². The smallest absolute Gasteiger partial charge is 0.165 e. The molecule has 0 atom stereocenters. The summed E-state index contributed by atoms with van der Waals surface area (Å²) in [7, 11) is 0. The van der Waals surface area contributed by atoms with Crippen LogP contribution in [0.5, 0.6) is 5.75 Å². The first-order valence-corrected chi connectivity index (χ1v) is 5.81. The van der Waals surface area contributed by atoms with Crippen LogP contribution >= 0.6 is 0 Å². The van der Waals surface area contributed by atoms with E-state index in [0.717, 1.165) is 11.3 Å². The van der Waals surface area contributed by atoms with Gasteiger partial charge in [0.25, 0.3) is 0 Å². The molecule has 4 heteroatoms. The first-order chi connectivity index (χ1) is 8.79. The van der Waals surface area contributed by atoms with E-state index in [9.17, 15) is 4.39 Å². The van der Waals surface area contributed by atoms with E-state index in [1.165, 1.54) is 6.07 Å². The predicted octanol–water partition coefficient (Wildman–Crippen LogP) is 2.30. The highest BCUT2D eigenvalue weighted by Gasteiger charge is 2.05. The highest BCUT2D eigenvalue weighted by atomic mass is 19.1. The fourth-order valence-corrected chi connectivity index (χ4v) is 1.62. The van der Waals surface area contributed by atoms with Crippen LogP contribution in [0.1, 0.15) is 11.3 Å². The summed E-state index contributed by atoms with van der Waals surface area (Å²) < 4.78 is 19.1. The molecular weight excluding hydrogens is 231 g/mol. The van der Waals surface area contributed by atoms with Crippen LogP contribution in [-0.4, -0.2) is 11.5 Å². The average Bonchev–Trinajstić information content (AvgIpc) is 2.39. The molecule has 0 aliphatic rings. The first-order valence-electron chi connectivity index (χ1n) is 5.81. The number of pyridine rings is 1. The zero-order valence-electron chi connectivity index (χ0n) is 9.97. The van der Waals surface area contributed by atoms with Crippen LogP contribution in [0.2, 0.25) is 0 Å². The molecule has 18 heavy (non-hydrogen) atoms. The molecule has 1 aromatic heterocycles. The van der Waals surface area contributed by atoms with Crippen molar-refractivity contribution in [2.24, 2.45) is 5.73 Å². The van der Waals surface area contributed by atoms with E-state index in [1.807, 2.05) is 24.3 Å². The van der Waals surface area contributed by atoms with Gasteiger partial charge < -0.3 is 10.5 Å². The number of hydrogen-bond acceptors (Lipinski definition) is 3. The predicted molar refractivity (Wildman–Crippen MR) is 67.7 cm³/mol. The molecule has 2 rings (SSSR count). The fraction of sp³-hybridized carbons (Fsp3) is 0.214. The summed E-state index contributed by atoms with van der Waals surface area (Å²) in [5.74, 6) is -0.127. The van der Waals surface area contributed by atoms with E-state index >= 15 is 0 Å². The second-order valence-corrected chi connectivity index (χ2v) is 3.91. The van der Waals surface area contributed by atoms with E-state index in [2.05, 4.69) is 4.98 Å². The van der Waals surface area contributed by atoms with Crippen molar-refractivity contribution in [1.29, 1.82) is 0 Å². The minimum Gasteiger partial charge on any atom is -0.484 e. The van der Waals surface area contributed by atoms with Crippen LogP contribution in [-0.2, 0) is 13.0 Å². The summed E-state index contributed by atoms with van der Waals surface area (Å²) in [5, 5.41) is 0. The zero-order valence-corrected chi connectivity index (χ0v) is 9.97. The van der Waals surface area contributed by atoms with Crippen molar-refractivity contribution >= 4 is 0 Å². The lowest BCUT2D eigenvalue weighted by atomic mass is 10.1. The maximum absolute atomic E-state index is 13.7. The second kappa shape index (κ2) is 6.12. The Hall–Kier alpha value is -1.94. The lowest BCUT2D eigenvalue weighted by molar-refractivity contribution is 0.286. The third-order valence-electron chi connectivity index (χ3n) is 2.53. The molecule has 0 spiro atoms. The van der Waals surface area contributed by atoms with Crippen molar-refractivity contribution < 1.29 is 9.13 Å². The lowest BCUT2D eigenvalue weighted by Gasteiger charge is -2.08. The standard InChI is InChI=1S/C14H15FN2O/c15-13-9-11(6-7-16)4-5-14(13)18-10-12-3-1-2-8-17-12/h1-5,8-9H,6-7,10,16H2. The van der Waals surface area contributed by atoms with E-state index in [0.29, 0.717) is 13.0 Å². The summed E-state index contributed by atoms with van der Waals surface area (Å²) >= 11 is 0. The fourth-order valence-electron chi connectivity index (χ4n) is 1.62. The molecule has 1 heterocycles. The Kier molecular flexibility index (Phi) is 4.25. The minimum atomic E-state index is -0.364. The number of nitrogens with zero attached hydrogens (tertiary/aromatic N) is 1. The van der Waals surface area contributed by atoms with E-state index < -0.39 is 0 Å². The monoisotopic (exact) mass is 246 g/mol. The van der Waals surface area contributed by atoms with Gasteiger partial charge in [-0.25, -0.2) is 4.39 Å². The third-order valence-corrected chi connectivity index (χ3v) is 2.53. The van der Waals surface area contributed by atoms with Crippen LogP contribution < -0.4 is 10.5 Å². The summed E-state index contributed by atoms with van der Waals surface area (Å²) in [6.07, 6.45) is 2.34. The van der Waals surface area contributed by atoms with Gasteiger partial charge in [-0.1, -0.05) is 12.1 Å². The van der Waals surface area contributed by atoms with Crippen LogP contribution in [0.3, 0.4) is 0 Å². The van der Waals surface area contributed by atoms with Crippen molar-refractivity contribution in [2.75, 3.05) is 6.54 Å². The van der Waals surface area contributed by atoms with E-state index in [-0.39, 0.29) is 18.2 Å². The molecule has 0 radical (unpaired) electrons. The highest BCUT2D eigenvalue weighted by molar-refractivity contribution is 5.29. The van der Waals surface area contributed by atoms with E-state index in [1.54, 1.807) is 12.3 Å². The number of hydrogen-bond donors (Lipinski definition) is 1. The van der Waals surface area contributed by atoms with Gasteiger partial charge in [0.1, 0.15) is 6.61 Å². The number of benzene rings is 1. The van der Waals surface area contributed by atoms with Crippen molar-refractivity contribution in [3.8, 4) is 5.75 Å². The first kappa shape index (κ1) is 12.5. The van der Waals surface area contributed by atoms with Gasteiger partial charge in [0.05, 0.1) is 5.69 Å². The van der Waals surface area contributed by atoms with Crippen molar-refractivity contribution in [3.63, 3.8) is 0 Å². The van der Waals surface area contributed by atoms with Gasteiger partial charge in [-0.15, -0.1) is 0 Å². The molecule has 1 aromatic carbocycles. The van der Waals surface area contributed by atoms with Gasteiger partial charge in [-0.3, -0.25) is 4.98 Å². The van der Waals surface area contributed by atoms with Gasteiger partial charge in [0, 0.05) is 6.20 Å². The molecule has 0 aliphatic carbocycles. The van der Waals surface area contributed by atoms with Crippen LogP contribution in [0.15, 0.2) is 42.6 Å². The molecule has 0 unspecified atom stereocenters. The van der Waals surface area contributed by atoms with E-state index in [4.69, 9.17) is 10.5 Å². The van der Waals surface area contributed by atoms with Gasteiger partial charge in [-0.05, 0) is 42.8 Å². The van der Waals surface area contributed by atoms with Gasteiger partial charge in [0.2, 0.25) is 0 Å². The third kappa shape index (κ3) is 3.28. The molecule has 0 amide bonds. The second-order valence-electron chi connectivity index (χ2n) is 3.91. The van der Waals surface area contributed by atoms with Crippen molar-refractivity contribution in [3.05, 3.63) is 59.7 Å². The number of ether oxygens (including phenoxy) is 1. The lowest BCUT2D eigenvalue weighted by Crippen LogP contribution is -2.04. The molecule has 0 saturated heterocycles. The quantitative estimate of drug-likeness (QED) is 0.880. The summed E-state index contributed by atoms with van der Waals surface area (Å²) in [6.45, 7) is 0.765. The van der Waals surface area contributed by atoms with Crippen LogP contribution in [0, 0.1) is 5.82 Å². The molecule has 3 nitrogen and oxygen atoms in total. The highest BCUT2D eigenvalue weighted by Crippen LogP contribution is 2.19. The molecule has 0 bridgehead atoms. The Morgan fingerprint density at radius 1 is 1.22 bits per heavy atom. The summed E-state index contributed by atoms with van der Waals surface area (Å²) in [4.78, 5) is 4.11. The summed E-state index contributed by atoms with van der Waals surface area (Å²) in [5.41, 5.74) is 7.06. The zero-order chi connectivity index (χ0) is 12.8. The number of halogens is 1. The van der Waals surface area contributed by atoms with Crippen molar-refractivity contribution in [2.45, 2.75) is 13.0 Å². The molecule has 2 aromatic rings. The Morgan fingerprint density at radius 2 is 2.11 bits per heavy atom. The molecule has 0 saturated carbocycles. The van der Waals surface area contributed by atoms with Gasteiger partial charge >= 0.3 is 0 Å². The molecule has 94 valence electrons. The topological polar surface area (TPSA) is 48.1 Å². The molecular formula is C14H15FN2O. The maximum Gasteiger partial charge on any atom is 0.165 e. The number of nitrogens with two attached hydrogens (primary N) is 1. The van der Waals surface area contributed by atoms with Crippen molar-refractivity contribution in [1.82, 2.24) is 4.98 Å². The van der Waals surface area contributed by atoms with Crippen LogP contribution in [0.4, 0.5) is 4.39 Å². The molecule has 0 fully saturated rings. The number of rotatable bonds is 5. The largest absolute Gasteiger partial charge is 0.484 e.